The van der Waals surface area contributed by atoms with Crippen LogP contribution in [0.1, 0.15) is 43.2 Å². The van der Waals surface area contributed by atoms with Gasteiger partial charge in [0.05, 0.1) is 5.60 Å². The molecule has 1 saturated heterocycles. The van der Waals surface area contributed by atoms with Gasteiger partial charge in [-0.25, -0.2) is 0 Å². The second-order valence-electron chi connectivity index (χ2n) is 9.59. The maximum absolute atomic E-state index is 13.2. The van der Waals surface area contributed by atoms with Crippen LogP contribution in [0.4, 0.5) is 0 Å². The second-order valence-corrected chi connectivity index (χ2v) is 9.59. The van der Waals surface area contributed by atoms with Gasteiger partial charge in [-0.15, -0.1) is 0 Å². The quantitative estimate of drug-likeness (QED) is 0.684. The first-order valence-corrected chi connectivity index (χ1v) is 11.3. The minimum atomic E-state index is -1.36. The largest absolute Gasteiger partial charge is 0.480 e. The first kappa shape index (κ1) is 19.8. The van der Waals surface area contributed by atoms with Crippen molar-refractivity contribution in [2.75, 3.05) is 6.54 Å². The van der Waals surface area contributed by atoms with Gasteiger partial charge in [-0.1, -0.05) is 67.1 Å². The zero-order valence-corrected chi connectivity index (χ0v) is 17.3. The highest BCUT2D eigenvalue weighted by molar-refractivity contribution is 5.84. The molecule has 2 aromatic rings. The summed E-state index contributed by atoms with van der Waals surface area (Å²) in [7, 11) is 0. The highest BCUT2D eigenvalue weighted by Gasteiger charge is 2.65. The third-order valence-corrected chi connectivity index (χ3v) is 8.33. The Bertz CT molecular complexity index is 881. The lowest BCUT2D eigenvalue weighted by atomic mass is 9.57. The fraction of sp³-hybridized carbons (Fsp3) is 0.500. The average Bonchev–Trinajstić information content (AvgIpc) is 3.47. The van der Waals surface area contributed by atoms with Crippen LogP contribution in [0.25, 0.3) is 0 Å². The summed E-state index contributed by atoms with van der Waals surface area (Å²) < 4.78 is 0. The summed E-state index contributed by atoms with van der Waals surface area (Å²) in [5.74, 6) is 0.0228. The molecule has 0 amide bonds. The van der Waals surface area contributed by atoms with Crippen molar-refractivity contribution in [2.24, 2.45) is 17.8 Å². The molecule has 1 aliphatic heterocycles. The molecule has 2 aromatic carbocycles. The number of fused-ring (bicyclic) bond motifs is 2. The van der Waals surface area contributed by atoms with Gasteiger partial charge in [0.2, 0.25) is 0 Å². The lowest BCUT2D eigenvalue weighted by molar-refractivity contribution is -0.164. The van der Waals surface area contributed by atoms with Gasteiger partial charge < -0.3 is 15.5 Å². The summed E-state index contributed by atoms with van der Waals surface area (Å²) >= 11 is 0. The predicted octanol–water partition coefficient (Wildman–Crippen LogP) is 3.78. The van der Waals surface area contributed by atoms with Gasteiger partial charge >= 0.3 is 5.97 Å². The molecule has 0 spiro atoms. The highest BCUT2D eigenvalue weighted by atomic mass is 16.4. The Balaban J connectivity index is 1.66. The predicted molar refractivity (Wildman–Crippen MR) is 116 cm³/mol. The molecule has 3 fully saturated rings. The molecule has 3 aliphatic rings. The van der Waals surface area contributed by atoms with E-state index in [1.54, 1.807) is 0 Å². The molecule has 1 heterocycles. The number of carboxylic acid groups (broad SMARTS) is 1. The summed E-state index contributed by atoms with van der Waals surface area (Å²) in [6, 6.07) is 19.7. The molecule has 2 aliphatic carbocycles. The van der Waals surface area contributed by atoms with Crippen molar-refractivity contribution >= 4 is 5.97 Å². The first-order valence-electron chi connectivity index (χ1n) is 11.3. The van der Waals surface area contributed by atoms with Crippen LogP contribution in [0.3, 0.4) is 0 Å². The van der Waals surface area contributed by atoms with Crippen molar-refractivity contribution in [3.8, 4) is 0 Å². The van der Waals surface area contributed by atoms with Gasteiger partial charge in [0, 0.05) is 6.04 Å². The van der Waals surface area contributed by atoms with Gasteiger partial charge in [-0.3, -0.25) is 4.79 Å². The van der Waals surface area contributed by atoms with Crippen LogP contribution < -0.4 is 5.32 Å². The van der Waals surface area contributed by atoms with Crippen molar-refractivity contribution in [2.45, 2.75) is 55.6 Å². The normalized spacial score (nSPS) is 34.7. The van der Waals surface area contributed by atoms with Crippen LogP contribution in [0, 0.1) is 17.8 Å². The number of nitrogens with one attached hydrogen (secondary N) is 1. The van der Waals surface area contributed by atoms with Gasteiger partial charge in [-0.2, -0.15) is 0 Å². The molecule has 0 radical (unpaired) electrons. The Hall–Kier alpha value is -2.17. The fourth-order valence-electron chi connectivity index (χ4n) is 7.07. The van der Waals surface area contributed by atoms with E-state index < -0.39 is 17.0 Å². The Morgan fingerprint density at radius 3 is 2.30 bits per heavy atom. The Labute approximate surface area is 178 Å². The van der Waals surface area contributed by atoms with Crippen LogP contribution >= 0.6 is 0 Å². The first-order chi connectivity index (χ1) is 14.6. The summed E-state index contributed by atoms with van der Waals surface area (Å²) in [5.41, 5.74) is -0.962. The number of benzene rings is 2. The van der Waals surface area contributed by atoms with Crippen LogP contribution in [-0.2, 0) is 16.6 Å². The van der Waals surface area contributed by atoms with E-state index in [4.69, 9.17) is 0 Å². The van der Waals surface area contributed by atoms with Crippen LogP contribution in [0.15, 0.2) is 60.7 Å². The third-order valence-electron chi connectivity index (χ3n) is 8.33. The summed E-state index contributed by atoms with van der Waals surface area (Å²) in [5, 5.41) is 26.9. The highest BCUT2D eigenvalue weighted by Crippen LogP contribution is 2.57. The number of hydrogen-bond donors (Lipinski definition) is 3. The average molecular weight is 406 g/mol. The van der Waals surface area contributed by atoms with Crippen molar-refractivity contribution in [3.05, 3.63) is 71.8 Å². The van der Waals surface area contributed by atoms with Crippen LogP contribution in [-0.4, -0.2) is 34.4 Å². The molecule has 0 aromatic heterocycles. The summed E-state index contributed by atoms with van der Waals surface area (Å²) in [6.07, 6.45) is 4.97. The lowest BCUT2D eigenvalue weighted by Crippen LogP contribution is -2.62. The summed E-state index contributed by atoms with van der Waals surface area (Å²) in [6.45, 7) is 1.01. The SMILES string of the molecule is O=C(O)C(Cc1ccccc1)(c1ccccc1)C1(O)CCCC1C1C2CCC1NC2. The molecule has 6 atom stereocenters. The van der Waals surface area contributed by atoms with Gasteiger partial charge in [-0.05, 0) is 67.5 Å². The minimum absolute atomic E-state index is 0.00465. The van der Waals surface area contributed by atoms with E-state index in [2.05, 4.69) is 5.32 Å². The zero-order valence-electron chi connectivity index (χ0n) is 17.3. The Kier molecular flexibility index (Phi) is 4.95. The van der Waals surface area contributed by atoms with Gasteiger partial charge in [0.25, 0.3) is 0 Å². The number of aliphatic hydroxyl groups is 1. The van der Waals surface area contributed by atoms with E-state index in [1.807, 2.05) is 60.7 Å². The Morgan fingerprint density at radius 2 is 1.73 bits per heavy atom. The molecular formula is C26H31NO3. The summed E-state index contributed by atoms with van der Waals surface area (Å²) in [4.78, 5) is 13.2. The number of carbonyl (C=O) groups is 1. The monoisotopic (exact) mass is 405 g/mol. The molecule has 4 nitrogen and oxygen atoms in total. The van der Waals surface area contributed by atoms with Crippen LogP contribution in [0.2, 0.25) is 0 Å². The van der Waals surface area contributed by atoms with Crippen molar-refractivity contribution in [3.63, 3.8) is 0 Å². The minimum Gasteiger partial charge on any atom is -0.480 e. The topological polar surface area (TPSA) is 69.6 Å². The van der Waals surface area contributed by atoms with Crippen molar-refractivity contribution in [1.82, 2.24) is 5.32 Å². The number of carboxylic acids is 1. The van der Waals surface area contributed by atoms with E-state index in [9.17, 15) is 15.0 Å². The number of rotatable bonds is 6. The lowest BCUT2D eigenvalue weighted by Gasteiger charge is -2.48. The van der Waals surface area contributed by atoms with E-state index >= 15 is 0 Å². The van der Waals surface area contributed by atoms with Crippen LogP contribution in [0.5, 0.6) is 0 Å². The zero-order chi connectivity index (χ0) is 20.8. The van der Waals surface area contributed by atoms with Crippen molar-refractivity contribution < 1.29 is 15.0 Å². The number of hydrogen-bond acceptors (Lipinski definition) is 3. The molecule has 30 heavy (non-hydrogen) atoms. The molecule has 2 saturated carbocycles. The van der Waals surface area contributed by atoms with Gasteiger partial charge in [0.15, 0.2) is 0 Å². The molecule has 4 heteroatoms. The second kappa shape index (κ2) is 7.51. The third kappa shape index (κ3) is 2.84. The fourth-order valence-corrected chi connectivity index (χ4v) is 7.07. The van der Waals surface area contributed by atoms with Gasteiger partial charge in [0.1, 0.15) is 5.41 Å². The van der Waals surface area contributed by atoms with E-state index in [0.717, 1.165) is 31.4 Å². The maximum Gasteiger partial charge on any atom is 0.317 e. The van der Waals surface area contributed by atoms with E-state index in [1.165, 1.54) is 6.42 Å². The molecular weight excluding hydrogens is 374 g/mol. The van der Waals surface area contributed by atoms with Crippen molar-refractivity contribution in [1.29, 1.82) is 0 Å². The van der Waals surface area contributed by atoms with E-state index in [0.29, 0.717) is 36.3 Å². The molecule has 5 rings (SSSR count). The number of piperidine rings is 1. The molecule has 158 valence electrons. The maximum atomic E-state index is 13.2. The Morgan fingerprint density at radius 1 is 1.03 bits per heavy atom. The smallest absolute Gasteiger partial charge is 0.317 e. The molecule has 2 bridgehead atoms. The molecule has 3 N–H and O–H groups in total. The standard InChI is InChI=1S/C26H31NO3/c28-24(29)25(20-10-5-2-6-11-20,16-18-8-3-1-4-9-18)26(30)15-7-12-21(26)23-19-13-14-22(23)27-17-19/h1-6,8-11,19,21-23,27,30H,7,12-17H2,(H,28,29). The molecule has 6 unspecified atom stereocenters. The number of aliphatic carboxylic acids is 1. The van der Waals surface area contributed by atoms with E-state index in [-0.39, 0.29) is 5.92 Å².